The molecule has 0 aliphatic rings. The molecule has 34 heavy (non-hydrogen) atoms. The molecule has 7 nitrogen and oxygen atoms in total. The van der Waals surface area contributed by atoms with Crippen molar-refractivity contribution >= 4 is 23.1 Å². The minimum absolute atomic E-state index is 0.0534. The lowest BCUT2D eigenvalue weighted by atomic mass is 10.1. The van der Waals surface area contributed by atoms with Gasteiger partial charge >= 0.3 is 0 Å². The third-order valence-electron chi connectivity index (χ3n) is 5.05. The first kappa shape index (κ1) is 22.8. The Hall–Kier alpha value is -4.39. The highest BCUT2D eigenvalue weighted by Gasteiger charge is 2.05. The Morgan fingerprint density at radius 1 is 0.853 bits per heavy atom. The third kappa shape index (κ3) is 6.56. The van der Waals surface area contributed by atoms with Gasteiger partial charge in [-0.3, -0.25) is 4.79 Å². The first-order chi connectivity index (χ1) is 16.7. The van der Waals surface area contributed by atoms with E-state index >= 15 is 0 Å². The minimum Gasteiger partial charge on any atom is -0.497 e. The first-order valence-electron chi connectivity index (χ1n) is 11.0. The van der Waals surface area contributed by atoms with Crippen LogP contribution in [-0.2, 0) is 4.79 Å². The van der Waals surface area contributed by atoms with Crippen LogP contribution in [0.15, 0.2) is 91.3 Å². The summed E-state index contributed by atoms with van der Waals surface area (Å²) in [6.07, 6.45) is 2.53. The number of amides is 1. The number of benzene rings is 3. The molecule has 172 valence electrons. The molecule has 1 heterocycles. The van der Waals surface area contributed by atoms with Gasteiger partial charge in [0.1, 0.15) is 23.6 Å². The highest BCUT2D eigenvalue weighted by molar-refractivity contribution is 5.90. The van der Waals surface area contributed by atoms with E-state index in [2.05, 4.69) is 20.6 Å². The standard InChI is InChI=1S/C27H26N4O3/c1-33-23-13-15-24(16-14-23)34-17-5-8-27(32)31-22-11-9-21(10-12-22)30-26-18-25(28-19-29-26)20-6-3-2-4-7-20/h2-4,6-7,9-16,18-19H,5,8,17H2,1H3,(H,31,32)(H,28,29,30). The SMILES string of the molecule is COc1ccc(OCCCC(=O)Nc2ccc(Nc3cc(-c4ccccc4)ncn3)cc2)cc1. The van der Waals surface area contributed by atoms with E-state index in [0.717, 1.165) is 34.1 Å². The number of carbonyl (C=O) groups excluding carboxylic acids is 1. The van der Waals surface area contributed by atoms with E-state index in [4.69, 9.17) is 9.47 Å². The molecule has 0 aliphatic carbocycles. The van der Waals surface area contributed by atoms with Crippen molar-refractivity contribution < 1.29 is 14.3 Å². The van der Waals surface area contributed by atoms with Gasteiger partial charge in [-0.05, 0) is 55.0 Å². The summed E-state index contributed by atoms with van der Waals surface area (Å²) < 4.78 is 10.8. The number of aromatic nitrogens is 2. The quantitative estimate of drug-likeness (QED) is 0.299. The van der Waals surface area contributed by atoms with E-state index in [1.807, 2.05) is 84.9 Å². The first-order valence-corrected chi connectivity index (χ1v) is 11.0. The third-order valence-corrected chi connectivity index (χ3v) is 5.05. The zero-order valence-corrected chi connectivity index (χ0v) is 18.9. The second-order valence-corrected chi connectivity index (χ2v) is 7.53. The minimum atomic E-state index is -0.0534. The second kappa shape index (κ2) is 11.5. The van der Waals surface area contributed by atoms with Crippen molar-refractivity contribution in [2.24, 2.45) is 0 Å². The van der Waals surface area contributed by atoms with Gasteiger partial charge in [0.2, 0.25) is 5.91 Å². The number of methoxy groups -OCH3 is 1. The fourth-order valence-electron chi connectivity index (χ4n) is 3.30. The van der Waals surface area contributed by atoms with Gasteiger partial charge in [-0.1, -0.05) is 30.3 Å². The van der Waals surface area contributed by atoms with E-state index < -0.39 is 0 Å². The molecule has 0 unspecified atom stereocenters. The molecule has 4 rings (SSSR count). The van der Waals surface area contributed by atoms with Crippen molar-refractivity contribution in [3.8, 4) is 22.8 Å². The monoisotopic (exact) mass is 454 g/mol. The Kier molecular flexibility index (Phi) is 7.69. The topological polar surface area (TPSA) is 85.4 Å². The predicted octanol–water partition coefficient (Wildman–Crippen LogP) is 5.69. The molecule has 0 fully saturated rings. The van der Waals surface area contributed by atoms with Crippen LogP contribution in [0.2, 0.25) is 0 Å². The lowest BCUT2D eigenvalue weighted by molar-refractivity contribution is -0.116. The molecule has 0 bridgehead atoms. The number of hydrogen-bond donors (Lipinski definition) is 2. The maximum atomic E-state index is 12.2. The van der Waals surface area contributed by atoms with E-state index in [9.17, 15) is 4.79 Å². The van der Waals surface area contributed by atoms with Gasteiger partial charge in [0, 0.05) is 29.4 Å². The number of nitrogens with one attached hydrogen (secondary N) is 2. The molecule has 7 heteroatoms. The van der Waals surface area contributed by atoms with Gasteiger partial charge in [-0.15, -0.1) is 0 Å². The van der Waals surface area contributed by atoms with Crippen LogP contribution in [0.25, 0.3) is 11.3 Å². The molecule has 0 atom stereocenters. The molecule has 0 radical (unpaired) electrons. The summed E-state index contributed by atoms with van der Waals surface area (Å²) in [6.45, 7) is 0.465. The van der Waals surface area contributed by atoms with Gasteiger partial charge in [0.05, 0.1) is 19.4 Å². The van der Waals surface area contributed by atoms with Crippen LogP contribution in [0.1, 0.15) is 12.8 Å². The average Bonchev–Trinajstić information content (AvgIpc) is 2.89. The van der Waals surface area contributed by atoms with Crippen LogP contribution in [0.4, 0.5) is 17.2 Å². The zero-order valence-electron chi connectivity index (χ0n) is 18.9. The summed E-state index contributed by atoms with van der Waals surface area (Å²) in [5, 5.41) is 6.18. The molecular weight excluding hydrogens is 428 g/mol. The number of hydrogen-bond acceptors (Lipinski definition) is 6. The molecule has 4 aromatic rings. The number of carbonyl (C=O) groups is 1. The molecule has 0 saturated heterocycles. The van der Waals surface area contributed by atoms with E-state index in [1.165, 1.54) is 6.33 Å². The van der Waals surface area contributed by atoms with Gasteiger partial charge in [0.25, 0.3) is 0 Å². The average molecular weight is 455 g/mol. The van der Waals surface area contributed by atoms with Crippen LogP contribution in [0, 0.1) is 0 Å². The molecule has 3 aromatic carbocycles. The number of anilines is 3. The van der Waals surface area contributed by atoms with Crippen LogP contribution in [0.3, 0.4) is 0 Å². The molecule has 0 aliphatic heterocycles. The number of rotatable bonds is 10. The van der Waals surface area contributed by atoms with Crippen molar-refractivity contribution in [1.82, 2.24) is 9.97 Å². The van der Waals surface area contributed by atoms with Gasteiger partial charge in [-0.25, -0.2) is 9.97 Å². The normalized spacial score (nSPS) is 10.4. The van der Waals surface area contributed by atoms with E-state index in [1.54, 1.807) is 7.11 Å². The summed E-state index contributed by atoms with van der Waals surface area (Å²) in [4.78, 5) is 20.9. The predicted molar refractivity (Wildman–Crippen MR) is 134 cm³/mol. The largest absolute Gasteiger partial charge is 0.497 e. The zero-order chi connectivity index (χ0) is 23.6. The Morgan fingerprint density at radius 3 is 2.29 bits per heavy atom. The lowest BCUT2D eigenvalue weighted by Crippen LogP contribution is -2.12. The van der Waals surface area contributed by atoms with Crippen molar-refractivity contribution in [2.75, 3.05) is 24.4 Å². The molecule has 0 saturated carbocycles. The highest BCUT2D eigenvalue weighted by atomic mass is 16.5. The lowest BCUT2D eigenvalue weighted by Gasteiger charge is -2.10. The summed E-state index contributed by atoms with van der Waals surface area (Å²) in [6, 6.07) is 26.7. The Balaban J connectivity index is 1.23. The van der Waals surface area contributed by atoms with Crippen molar-refractivity contribution in [3.63, 3.8) is 0 Å². The van der Waals surface area contributed by atoms with Crippen LogP contribution >= 0.6 is 0 Å². The highest BCUT2D eigenvalue weighted by Crippen LogP contribution is 2.22. The molecule has 1 aromatic heterocycles. The van der Waals surface area contributed by atoms with Crippen LogP contribution in [0.5, 0.6) is 11.5 Å². The fourth-order valence-corrected chi connectivity index (χ4v) is 3.30. The molecular formula is C27H26N4O3. The molecule has 1 amide bonds. The smallest absolute Gasteiger partial charge is 0.224 e. The summed E-state index contributed by atoms with van der Waals surface area (Å²) in [5.74, 6) is 2.18. The second-order valence-electron chi connectivity index (χ2n) is 7.53. The van der Waals surface area contributed by atoms with Crippen molar-refractivity contribution in [2.45, 2.75) is 12.8 Å². The molecule has 2 N–H and O–H groups in total. The summed E-state index contributed by atoms with van der Waals surface area (Å²) in [7, 11) is 1.62. The maximum Gasteiger partial charge on any atom is 0.224 e. The summed E-state index contributed by atoms with van der Waals surface area (Å²) >= 11 is 0. The number of nitrogens with zero attached hydrogens (tertiary/aromatic N) is 2. The Labute approximate surface area is 198 Å². The maximum absolute atomic E-state index is 12.2. The Bertz CT molecular complexity index is 1200. The summed E-state index contributed by atoms with van der Waals surface area (Å²) in [5.41, 5.74) is 3.47. The number of ether oxygens (including phenoxy) is 2. The van der Waals surface area contributed by atoms with E-state index in [0.29, 0.717) is 25.3 Å². The van der Waals surface area contributed by atoms with Gasteiger partial charge in [0.15, 0.2) is 0 Å². The van der Waals surface area contributed by atoms with Crippen LogP contribution < -0.4 is 20.1 Å². The fraction of sp³-hybridized carbons (Fsp3) is 0.148. The van der Waals surface area contributed by atoms with Crippen molar-refractivity contribution in [3.05, 3.63) is 91.3 Å². The van der Waals surface area contributed by atoms with Gasteiger partial charge < -0.3 is 20.1 Å². The van der Waals surface area contributed by atoms with Crippen LogP contribution in [-0.4, -0.2) is 29.6 Å². The van der Waals surface area contributed by atoms with Crippen molar-refractivity contribution in [1.29, 1.82) is 0 Å². The van der Waals surface area contributed by atoms with Gasteiger partial charge in [-0.2, -0.15) is 0 Å². The Morgan fingerprint density at radius 2 is 1.56 bits per heavy atom. The van der Waals surface area contributed by atoms with E-state index in [-0.39, 0.29) is 5.91 Å². The molecule has 0 spiro atoms.